The van der Waals surface area contributed by atoms with E-state index in [1.165, 1.54) is 64.2 Å². The van der Waals surface area contributed by atoms with Crippen molar-refractivity contribution in [3.8, 4) is 0 Å². The van der Waals surface area contributed by atoms with Crippen molar-refractivity contribution in [2.45, 2.75) is 90.6 Å². The molecule has 0 aliphatic rings. The highest BCUT2D eigenvalue weighted by atomic mass is 16.5. The Balaban J connectivity index is 2.93. The van der Waals surface area contributed by atoms with E-state index in [0.717, 1.165) is 13.0 Å². The molecule has 0 aromatic heterocycles. The van der Waals surface area contributed by atoms with Crippen molar-refractivity contribution in [1.29, 1.82) is 0 Å². The smallest absolute Gasteiger partial charge is 0.0745 e. The van der Waals surface area contributed by atoms with Crippen LogP contribution in [0.5, 0.6) is 0 Å². The van der Waals surface area contributed by atoms with E-state index >= 15 is 0 Å². The summed E-state index contributed by atoms with van der Waals surface area (Å²) in [4.78, 5) is 0. The molecule has 1 unspecified atom stereocenters. The molecule has 3 nitrogen and oxygen atoms in total. The molecule has 0 radical (unpaired) electrons. The first kappa shape index (κ1) is 20.9. The molecule has 3 heteroatoms. The first-order valence-corrected chi connectivity index (χ1v) is 9.11. The van der Waals surface area contributed by atoms with Crippen LogP contribution in [0.25, 0.3) is 0 Å². The maximum absolute atomic E-state index is 9.00. The van der Waals surface area contributed by atoms with Crippen LogP contribution in [-0.2, 0) is 9.47 Å². The van der Waals surface area contributed by atoms with Gasteiger partial charge in [0.05, 0.1) is 25.9 Å². The summed E-state index contributed by atoms with van der Waals surface area (Å²) < 4.78 is 10.7. The molecule has 0 aliphatic heterocycles. The third-order valence-corrected chi connectivity index (χ3v) is 3.62. The summed E-state index contributed by atoms with van der Waals surface area (Å²) in [6, 6.07) is 0. The molecular weight excluding hydrogens is 264 g/mol. The van der Waals surface area contributed by atoms with Gasteiger partial charge in [-0.25, -0.2) is 0 Å². The summed E-state index contributed by atoms with van der Waals surface area (Å²) in [6.45, 7) is 6.47. The molecule has 0 spiro atoms. The Kier molecular flexibility index (Phi) is 17.8. The van der Waals surface area contributed by atoms with Crippen LogP contribution in [0, 0.1) is 0 Å². The molecule has 0 saturated heterocycles. The molecule has 0 aromatic carbocycles. The van der Waals surface area contributed by atoms with Crippen LogP contribution >= 0.6 is 0 Å². The van der Waals surface area contributed by atoms with Crippen LogP contribution in [0.1, 0.15) is 84.5 Å². The Bertz CT molecular complexity index is 183. The second kappa shape index (κ2) is 17.9. The molecule has 0 amide bonds. The van der Waals surface area contributed by atoms with E-state index in [0.29, 0.717) is 19.8 Å². The quantitative estimate of drug-likeness (QED) is 0.395. The monoisotopic (exact) mass is 302 g/mol. The minimum atomic E-state index is -0.378. The van der Waals surface area contributed by atoms with Gasteiger partial charge in [-0.1, -0.05) is 71.1 Å². The summed E-state index contributed by atoms with van der Waals surface area (Å²) in [6.07, 6.45) is 14.6. The Morgan fingerprint density at radius 3 is 1.67 bits per heavy atom. The van der Waals surface area contributed by atoms with Crippen LogP contribution in [0.3, 0.4) is 0 Å². The fraction of sp³-hybridized carbons (Fsp3) is 1.00. The van der Waals surface area contributed by atoms with Gasteiger partial charge in [-0.05, 0) is 13.3 Å². The Morgan fingerprint density at radius 2 is 1.14 bits per heavy atom. The zero-order valence-electron chi connectivity index (χ0n) is 14.4. The minimum Gasteiger partial charge on any atom is -0.391 e. The van der Waals surface area contributed by atoms with E-state index in [2.05, 4.69) is 6.92 Å². The molecule has 0 saturated carbocycles. The van der Waals surface area contributed by atoms with E-state index in [4.69, 9.17) is 14.6 Å². The van der Waals surface area contributed by atoms with Crippen molar-refractivity contribution in [2.24, 2.45) is 0 Å². The van der Waals surface area contributed by atoms with E-state index in [1.807, 2.05) is 0 Å². The van der Waals surface area contributed by atoms with Gasteiger partial charge in [-0.15, -0.1) is 0 Å². The molecule has 0 heterocycles. The van der Waals surface area contributed by atoms with Gasteiger partial charge in [0.15, 0.2) is 0 Å². The minimum absolute atomic E-state index is 0.378. The highest BCUT2D eigenvalue weighted by Crippen LogP contribution is 2.11. The fourth-order valence-electron chi connectivity index (χ4n) is 2.34. The molecular formula is C18H38O3. The average Bonchev–Trinajstić information content (AvgIpc) is 2.46. The third kappa shape index (κ3) is 19.9. The Hall–Kier alpha value is -0.120. The summed E-state index contributed by atoms with van der Waals surface area (Å²) in [7, 11) is 0. The van der Waals surface area contributed by atoms with Gasteiger partial charge in [-0.3, -0.25) is 0 Å². The zero-order valence-corrected chi connectivity index (χ0v) is 14.4. The number of aliphatic hydroxyl groups is 1. The van der Waals surface area contributed by atoms with E-state index < -0.39 is 0 Å². The Morgan fingerprint density at radius 1 is 0.667 bits per heavy atom. The molecule has 1 atom stereocenters. The van der Waals surface area contributed by atoms with Crippen molar-refractivity contribution < 1.29 is 14.6 Å². The first-order chi connectivity index (χ1) is 10.3. The predicted octanol–water partition coefficient (Wildman–Crippen LogP) is 4.71. The van der Waals surface area contributed by atoms with Crippen molar-refractivity contribution >= 4 is 0 Å². The summed E-state index contributed by atoms with van der Waals surface area (Å²) in [5.74, 6) is 0. The fourth-order valence-corrected chi connectivity index (χ4v) is 2.34. The first-order valence-electron chi connectivity index (χ1n) is 9.11. The molecule has 128 valence electrons. The molecule has 0 rings (SSSR count). The van der Waals surface area contributed by atoms with Gasteiger partial charge in [0.1, 0.15) is 0 Å². The van der Waals surface area contributed by atoms with E-state index in [-0.39, 0.29) is 6.10 Å². The lowest BCUT2D eigenvalue weighted by Crippen LogP contribution is -2.13. The Labute approximate surface area is 132 Å². The molecule has 21 heavy (non-hydrogen) atoms. The van der Waals surface area contributed by atoms with Crippen LogP contribution in [0.15, 0.2) is 0 Å². The van der Waals surface area contributed by atoms with Gasteiger partial charge in [0.2, 0.25) is 0 Å². The van der Waals surface area contributed by atoms with Crippen LogP contribution < -0.4 is 0 Å². The third-order valence-electron chi connectivity index (χ3n) is 3.62. The lowest BCUT2D eigenvalue weighted by atomic mass is 10.1. The zero-order chi connectivity index (χ0) is 15.6. The van der Waals surface area contributed by atoms with E-state index in [1.54, 1.807) is 6.92 Å². The largest absolute Gasteiger partial charge is 0.391 e. The van der Waals surface area contributed by atoms with Crippen LogP contribution in [0.4, 0.5) is 0 Å². The molecule has 0 aliphatic carbocycles. The SMILES string of the molecule is CCCCCCCCCCCCCOCCOCC(C)O. The second-order valence-corrected chi connectivity index (χ2v) is 6.07. The van der Waals surface area contributed by atoms with Gasteiger partial charge in [0, 0.05) is 6.61 Å². The van der Waals surface area contributed by atoms with Crippen LogP contribution in [-0.4, -0.2) is 37.6 Å². The van der Waals surface area contributed by atoms with Crippen LogP contribution in [0.2, 0.25) is 0 Å². The molecule has 1 N–H and O–H groups in total. The highest BCUT2D eigenvalue weighted by molar-refractivity contribution is 4.48. The number of aliphatic hydroxyl groups excluding tert-OH is 1. The number of unbranched alkanes of at least 4 members (excludes halogenated alkanes) is 10. The number of hydrogen-bond donors (Lipinski definition) is 1. The van der Waals surface area contributed by atoms with Crippen molar-refractivity contribution in [1.82, 2.24) is 0 Å². The average molecular weight is 302 g/mol. The lowest BCUT2D eigenvalue weighted by Gasteiger charge is -2.07. The molecule has 0 fully saturated rings. The predicted molar refractivity (Wildman–Crippen MR) is 89.8 cm³/mol. The summed E-state index contributed by atoms with van der Waals surface area (Å²) in [5.41, 5.74) is 0. The highest BCUT2D eigenvalue weighted by Gasteiger charge is 1.96. The second-order valence-electron chi connectivity index (χ2n) is 6.07. The number of hydrogen-bond acceptors (Lipinski definition) is 3. The van der Waals surface area contributed by atoms with Crippen molar-refractivity contribution in [3.63, 3.8) is 0 Å². The van der Waals surface area contributed by atoms with E-state index in [9.17, 15) is 0 Å². The number of rotatable bonds is 17. The number of ether oxygens (including phenoxy) is 2. The van der Waals surface area contributed by atoms with Gasteiger partial charge in [-0.2, -0.15) is 0 Å². The summed E-state index contributed by atoms with van der Waals surface area (Å²) in [5, 5.41) is 9.00. The lowest BCUT2D eigenvalue weighted by molar-refractivity contribution is 0.00891. The van der Waals surface area contributed by atoms with Gasteiger partial charge >= 0.3 is 0 Å². The molecule has 0 bridgehead atoms. The van der Waals surface area contributed by atoms with Gasteiger partial charge in [0.25, 0.3) is 0 Å². The van der Waals surface area contributed by atoms with Crippen molar-refractivity contribution in [3.05, 3.63) is 0 Å². The maximum atomic E-state index is 9.00. The normalized spacial score (nSPS) is 12.7. The van der Waals surface area contributed by atoms with Crippen molar-refractivity contribution in [2.75, 3.05) is 26.4 Å². The van der Waals surface area contributed by atoms with Gasteiger partial charge < -0.3 is 14.6 Å². The molecule has 0 aromatic rings. The standard InChI is InChI=1S/C18H38O3/c1-3-4-5-6-7-8-9-10-11-12-13-14-20-15-16-21-17-18(2)19/h18-19H,3-17H2,1-2H3. The summed E-state index contributed by atoms with van der Waals surface area (Å²) >= 11 is 0. The maximum Gasteiger partial charge on any atom is 0.0745 e. The topological polar surface area (TPSA) is 38.7 Å².